The van der Waals surface area contributed by atoms with Crippen molar-refractivity contribution in [1.29, 1.82) is 0 Å². The summed E-state index contributed by atoms with van der Waals surface area (Å²) in [5.41, 5.74) is 2.38. The molecule has 1 atom stereocenters. The SMILES string of the molecule is O=C(CC[C@H]1NC(=O)c2ccccc2NC1=O)Nc1nncs1. The van der Waals surface area contributed by atoms with E-state index in [2.05, 4.69) is 26.1 Å². The Labute approximate surface area is 135 Å². The maximum atomic E-state index is 12.2. The van der Waals surface area contributed by atoms with E-state index in [1.165, 1.54) is 16.8 Å². The van der Waals surface area contributed by atoms with Crippen molar-refractivity contribution >= 4 is 39.9 Å². The third-order valence-corrected chi connectivity index (χ3v) is 3.92. The number of nitrogens with one attached hydrogen (secondary N) is 3. The quantitative estimate of drug-likeness (QED) is 0.774. The van der Waals surface area contributed by atoms with Gasteiger partial charge in [0.05, 0.1) is 11.3 Å². The number of carbonyl (C=O) groups excluding carboxylic acids is 3. The Hall–Kier alpha value is -2.81. The van der Waals surface area contributed by atoms with Crippen LogP contribution in [0.2, 0.25) is 0 Å². The molecular weight excluding hydrogens is 318 g/mol. The normalized spacial score (nSPS) is 16.8. The fourth-order valence-corrected chi connectivity index (χ4v) is 2.66. The molecule has 23 heavy (non-hydrogen) atoms. The van der Waals surface area contributed by atoms with Gasteiger partial charge in [-0.1, -0.05) is 23.5 Å². The molecule has 0 aliphatic carbocycles. The van der Waals surface area contributed by atoms with Gasteiger partial charge in [-0.15, -0.1) is 10.2 Å². The maximum Gasteiger partial charge on any atom is 0.254 e. The number of para-hydroxylation sites is 1. The first kappa shape index (κ1) is 15.1. The minimum absolute atomic E-state index is 0.0777. The Morgan fingerprint density at radius 3 is 2.91 bits per heavy atom. The number of benzene rings is 1. The number of hydrogen-bond acceptors (Lipinski definition) is 6. The summed E-state index contributed by atoms with van der Waals surface area (Å²) < 4.78 is 0. The van der Waals surface area contributed by atoms with Gasteiger partial charge in [0.15, 0.2) is 0 Å². The number of anilines is 2. The maximum absolute atomic E-state index is 12.2. The summed E-state index contributed by atoms with van der Waals surface area (Å²) >= 11 is 1.21. The van der Waals surface area contributed by atoms with Crippen LogP contribution in [0.25, 0.3) is 0 Å². The average Bonchev–Trinajstić information content (AvgIpc) is 3.00. The summed E-state index contributed by atoms with van der Waals surface area (Å²) in [4.78, 5) is 36.1. The molecule has 0 saturated carbocycles. The monoisotopic (exact) mass is 331 g/mol. The number of amides is 3. The third kappa shape index (κ3) is 3.51. The fraction of sp³-hybridized carbons (Fsp3) is 0.214. The Morgan fingerprint density at radius 2 is 2.13 bits per heavy atom. The highest BCUT2D eigenvalue weighted by atomic mass is 32.1. The van der Waals surface area contributed by atoms with E-state index in [-0.39, 0.29) is 30.6 Å². The highest BCUT2D eigenvalue weighted by Crippen LogP contribution is 2.19. The number of aromatic nitrogens is 2. The van der Waals surface area contributed by atoms with Crippen molar-refractivity contribution in [1.82, 2.24) is 15.5 Å². The topological polar surface area (TPSA) is 113 Å². The molecule has 1 aromatic heterocycles. The van der Waals surface area contributed by atoms with Gasteiger partial charge in [-0.25, -0.2) is 0 Å². The molecule has 0 spiro atoms. The third-order valence-electron chi connectivity index (χ3n) is 3.32. The van der Waals surface area contributed by atoms with Gasteiger partial charge in [-0.05, 0) is 18.6 Å². The molecule has 2 aromatic rings. The van der Waals surface area contributed by atoms with E-state index in [1.54, 1.807) is 24.3 Å². The van der Waals surface area contributed by atoms with Crippen LogP contribution in [0.1, 0.15) is 23.2 Å². The lowest BCUT2D eigenvalue weighted by Crippen LogP contribution is -2.41. The van der Waals surface area contributed by atoms with E-state index in [4.69, 9.17) is 0 Å². The van der Waals surface area contributed by atoms with Gasteiger partial charge in [0.2, 0.25) is 16.9 Å². The number of hydrogen-bond donors (Lipinski definition) is 3. The number of rotatable bonds is 4. The molecule has 9 heteroatoms. The lowest BCUT2D eigenvalue weighted by Gasteiger charge is -2.13. The predicted molar refractivity (Wildman–Crippen MR) is 84.1 cm³/mol. The molecule has 3 amide bonds. The molecule has 0 bridgehead atoms. The summed E-state index contributed by atoms with van der Waals surface area (Å²) in [6.07, 6.45) is 0.268. The van der Waals surface area contributed by atoms with E-state index >= 15 is 0 Å². The van der Waals surface area contributed by atoms with E-state index in [9.17, 15) is 14.4 Å². The van der Waals surface area contributed by atoms with Crippen molar-refractivity contribution in [2.45, 2.75) is 18.9 Å². The van der Waals surface area contributed by atoms with Crippen LogP contribution >= 0.6 is 11.3 Å². The van der Waals surface area contributed by atoms with Gasteiger partial charge in [0.25, 0.3) is 5.91 Å². The molecule has 8 nitrogen and oxygen atoms in total. The smallest absolute Gasteiger partial charge is 0.254 e. The molecule has 1 aliphatic heterocycles. The minimum Gasteiger partial charge on any atom is -0.340 e. The molecule has 1 aromatic carbocycles. The van der Waals surface area contributed by atoms with Crippen molar-refractivity contribution in [3.8, 4) is 0 Å². The lowest BCUT2D eigenvalue weighted by atomic mass is 10.1. The Morgan fingerprint density at radius 1 is 1.30 bits per heavy atom. The summed E-state index contributed by atoms with van der Waals surface area (Å²) in [6.45, 7) is 0. The van der Waals surface area contributed by atoms with E-state index in [0.29, 0.717) is 16.4 Å². The van der Waals surface area contributed by atoms with Crippen LogP contribution in [0.15, 0.2) is 29.8 Å². The van der Waals surface area contributed by atoms with Crippen molar-refractivity contribution < 1.29 is 14.4 Å². The lowest BCUT2D eigenvalue weighted by molar-refractivity contribution is -0.118. The first-order valence-corrected chi connectivity index (χ1v) is 7.78. The van der Waals surface area contributed by atoms with Gasteiger partial charge in [0, 0.05) is 6.42 Å². The average molecular weight is 331 g/mol. The second-order valence-electron chi connectivity index (χ2n) is 4.89. The molecule has 0 radical (unpaired) electrons. The van der Waals surface area contributed by atoms with Crippen LogP contribution in [0.3, 0.4) is 0 Å². The minimum atomic E-state index is -0.768. The van der Waals surface area contributed by atoms with Crippen molar-refractivity contribution in [2.24, 2.45) is 0 Å². The molecule has 3 N–H and O–H groups in total. The first-order valence-electron chi connectivity index (χ1n) is 6.90. The largest absolute Gasteiger partial charge is 0.340 e. The van der Waals surface area contributed by atoms with Crippen molar-refractivity contribution in [3.05, 3.63) is 35.3 Å². The van der Waals surface area contributed by atoms with Gasteiger partial charge in [-0.3, -0.25) is 14.4 Å². The summed E-state index contributed by atoms with van der Waals surface area (Å²) in [7, 11) is 0. The molecule has 118 valence electrons. The summed E-state index contributed by atoms with van der Waals surface area (Å²) in [5, 5.41) is 15.6. The zero-order valence-corrected chi connectivity index (χ0v) is 12.7. The molecule has 0 unspecified atom stereocenters. The van der Waals surface area contributed by atoms with E-state index in [1.807, 2.05) is 0 Å². The summed E-state index contributed by atoms with van der Waals surface area (Å²) in [6, 6.07) is 5.99. The second kappa shape index (κ2) is 6.53. The fourth-order valence-electron chi connectivity index (χ4n) is 2.20. The highest BCUT2D eigenvalue weighted by molar-refractivity contribution is 7.13. The predicted octanol–water partition coefficient (Wildman–Crippen LogP) is 1.01. The first-order chi connectivity index (χ1) is 11.1. The second-order valence-corrected chi connectivity index (χ2v) is 5.72. The number of nitrogens with zero attached hydrogens (tertiary/aromatic N) is 2. The van der Waals surface area contributed by atoms with Crippen LogP contribution in [0.5, 0.6) is 0 Å². The Bertz CT molecular complexity index is 747. The highest BCUT2D eigenvalue weighted by Gasteiger charge is 2.27. The van der Waals surface area contributed by atoms with Gasteiger partial charge in [-0.2, -0.15) is 0 Å². The number of carbonyl (C=O) groups is 3. The van der Waals surface area contributed by atoms with Crippen LogP contribution < -0.4 is 16.0 Å². The van der Waals surface area contributed by atoms with Gasteiger partial charge in [0.1, 0.15) is 11.6 Å². The zero-order valence-electron chi connectivity index (χ0n) is 11.9. The van der Waals surface area contributed by atoms with Crippen LogP contribution in [0.4, 0.5) is 10.8 Å². The van der Waals surface area contributed by atoms with Crippen molar-refractivity contribution in [3.63, 3.8) is 0 Å². The molecule has 0 saturated heterocycles. The number of fused-ring (bicyclic) bond motifs is 1. The molecular formula is C14H13N5O3S. The Kier molecular flexibility index (Phi) is 4.29. The van der Waals surface area contributed by atoms with E-state index < -0.39 is 6.04 Å². The van der Waals surface area contributed by atoms with Gasteiger partial charge >= 0.3 is 0 Å². The molecule has 3 rings (SSSR count). The molecule has 0 fully saturated rings. The van der Waals surface area contributed by atoms with Crippen LogP contribution in [-0.2, 0) is 9.59 Å². The van der Waals surface area contributed by atoms with Crippen LogP contribution in [-0.4, -0.2) is 34.0 Å². The standard InChI is InChI=1S/C14H13N5O3S/c20-11(18-14-19-15-7-23-14)6-5-10-13(22)16-9-4-2-1-3-8(9)12(21)17-10/h1-4,7,10H,5-6H2,(H,16,22)(H,17,21)(H,18,19,20)/t10-/m1/s1. The van der Waals surface area contributed by atoms with Crippen molar-refractivity contribution in [2.75, 3.05) is 10.6 Å². The van der Waals surface area contributed by atoms with Crippen LogP contribution in [0, 0.1) is 0 Å². The zero-order chi connectivity index (χ0) is 16.2. The molecule has 1 aliphatic rings. The van der Waals surface area contributed by atoms with Gasteiger partial charge < -0.3 is 16.0 Å². The summed E-state index contributed by atoms with van der Waals surface area (Å²) in [5.74, 6) is -0.967. The molecule has 2 heterocycles. The Balaban J connectivity index is 1.62. The van der Waals surface area contributed by atoms with E-state index in [0.717, 1.165) is 0 Å².